The SMILES string of the molecule is CCS(=O)(=O)Oc1cc(CN(CCN(C)C)C(=O)c2cccs2)ccc1OC. The highest BCUT2D eigenvalue weighted by molar-refractivity contribution is 7.87. The van der Waals surface area contributed by atoms with Crippen LogP contribution in [-0.4, -0.2) is 64.2 Å². The molecule has 1 aromatic carbocycles. The molecule has 1 heterocycles. The highest BCUT2D eigenvalue weighted by Crippen LogP contribution is 2.30. The Labute approximate surface area is 170 Å². The molecular weight excluding hydrogens is 400 g/mol. The molecule has 0 saturated heterocycles. The van der Waals surface area contributed by atoms with Gasteiger partial charge in [-0.1, -0.05) is 12.1 Å². The third kappa shape index (κ3) is 6.22. The summed E-state index contributed by atoms with van der Waals surface area (Å²) in [7, 11) is 1.65. The molecule has 0 saturated carbocycles. The Morgan fingerprint density at radius 1 is 1.14 bits per heavy atom. The van der Waals surface area contributed by atoms with E-state index in [9.17, 15) is 13.2 Å². The number of nitrogens with zero attached hydrogens (tertiary/aromatic N) is 2. The Hall–Kier alpha value is -2.10. The number of hydrogen-bond donors (Lipinski definition) is 0. The number of rotatable bonds is 10. The number of carbonyl (C=O) groups excluding carboxylic acids is 1. The molecule has 28 heavy (non-hydrogen) atoms. The van der Waals surface area contributed by atoms with Gasteiger partial charge in [0, 0.05) is 19.6 Å². The van der Waals surface area contributed by atoms with E-state index in [4.69, 9.17) is 8.92 Å². The smallest absolute Gasteiger partial charge is 0.309 e. The summed E-state index contributed by atoms with van der Waals surface area (Å²) in [5, 5.41) is 1.87. The molecule has 2 aromatic rings. The summed E-state index contributed by atoms with van der Waals surface area (Å²) in [4.78, 5) is 17.3. The van der Waals surface area contributed by atoms with Crippen LogP contribution in [0.15, 0.2) is 35.7 Å². The summed E-state index contributed by atoms with van der Waals surface area (Å²) >= 11 is 1.40. The van der Waals surface area contributed by atoms with Gasteiger partial charge in [0.1, 0.15) is 0 Å². The first kappa shape index (κ1) is 22.2. The Morgan fingerprint density at radius 3 is 2.46 bits per heavy atom. The number of likely N-dealkylation sites (N-methyl/N-ethyl adjacent to an activating group) is 1. The van der Waals surface area contributed by atoms with E-state index in [2.05, 4.69) is 0 Å². The van der Waals surface area contributed by atoms with E-state index in [-0.39, 0.29) is 17.4 Å². The fourth-order valence-electron chi connectivity index (χ4n) is 2.43. The minimum atomic E-state index is -3.69. The van der Waals surface area contributed by atoms with Gasteiger partial charge in [-0.25, -0.2) is 0 Å². The summed E-state index contributed by atoms with van der Waals surface area (Å²) in [6, 6.07) is 8.70. The first-order valence-corrected chi connectivity index (χ1v) is 11.3. The standard InChI is InChI=1S/C19H26N2O5S2/c1-5-28(23,24)26-17-13-15(8-9-16(17)25-4)14-21(11-10-20(2)3)19(22)18-7-6-12-27-18/h6-9,12-13H,5,10-11,14H2,1-4H3. The molecule has 1 aromatic heterocycles. The maximum atomic E-state index is 12.9. The van der Waals surface area contributed by atoms with Gasteiger partial charge in [-0.3, -0.25) is 4.79 Å². The van der Waals surface area contributed by atoms with Crippen molar-refractivity contribution < 1.29 is 22.1 Å². The van der Waals surface area contributed by atoms with Crippen LogP contribution in [0.2, 0.25) is 0 Å². The lowest BCUT2D eigenvalue weighted by molar-refractivity contribution is 0.0736. The highest BCUT2D eigenvalue weighted by Gasteiger charge is 2.19. The molecule has 0 aliphatic rings. The van der Waals surface area contributed by atoms with Gasteiger partial charge in [-0.05, 0) is 50.2 Å². The van der Waals surface area contributed by atoms with Gasteiger partial charge in [0.15, 0.2) is 11.5 Å². The van der Waals surface area contributed by atoms with Gasteiger partial charge in [-0.2, -0.15) is 8.42 Å². The van der Waals surface area contributed by atoms with Crippen molar-refractivity contribution in [3.63, 3.8) is 0 Å². The second-order valence-electron chi connectivity index (χ2n) is 6.42. The second kappa shape index (κ2) is 9.90. The zero-order valence-corrected chi connectivity index (χ0v) is 18.2. The third-order valence-corrected chi connectivity index (χ3v) is 6.01. The maximum Gasteiger partial charge on any atom is 0.309 e. The van der Waals surface area contributed by atoms with E-state index in [1.807, 2.05) is 30.4 Å². The predicted molar refractivity (Wildman–Crippen MR) is 111 cm³/mol. The van der Waals surface area contributed by atoms with Crippen molar-refractivity contribution in [2.45, 2.75) is 13.5 Å². The Morgan fingerprint density at radius 2 is 1.89 bits per heavy atom. The maximum absolute atomic E-state index is 12.9. The molecule has 0 aliphatic carbocycles. The van der Waals surface area contributed by atoms with Crippen LogP contribution in [0, 0.1) is 0 Å². The molecule has 0 atom stereocenters. The average molecular weight is 427 g/mol. The lowest BCUT2D eigenvalue weighted by Gasteiger charge is -2.24. The van der Waals surface area contributed by atoms with Crippen molar-refractivity contribution in [3.05, 3.63) is 46.2 Å². The Balaban J connectivity index is 2.28. The summed E-state index contributed by atoms with van der Waals surface area (Å²) in [5.74, 6) is 0.242. The van der Waals surface area contributed by atoms with Crippen LogP contribution in [-0.2, 0) is 16.7 Å². The third-order valence-electron chi connectivity index (χ3n) is 4.01. The number of thiophene rings is 1. The van der Waals surface area contributed by atoms with Crippen LogP contribution in [0.5, 0.6) is 11.5 Å². The van der Waals surface area contributed by atoms with E-state index in [1.54, 1.807) is 29.2 Å². The van der Waals surface area contributed by atoms with Crippen LogP contribution in [0.3, 0.4) is 0 Å². The monoisotopic (exact) mass is 426 g/mol. The van der Waals surface area contributed by atoms with Crippen LogP contribution in [0.4, 0.5) is 0 Å². The lowest BCUT2D eigenvalue weighted by Crippen LogP contribution is -2.35. The summed E-state index contributed by atoms with van der Waals surface area (Å²) in [5.41, 5.74) is 0.755. The van der Waals surface area contributed by atoms with Crippen LogP contribution in [0.1, 0.15) is 22.2 Å². The number of hydrogen-bond acceptors (Lipinski definition) is 7. The zero-order chi connectivity index (χ0) is 20.7. The van der Waals surface area contributed by atoms with Crippen LogP contribution >= 0.6 is 11.3 Å². The number of benzene rings is 1. The molecule has 0 radical (unpaired) electrons. The van der Waals surface area contributed by atoms with Crippen LogP contribution in [0.25, 0.3) is 0 Å². The normalized spacial score (nSPS) is 11.5. The van der Waals surface area contributed by atoms with Gasteiger partial charge >= 0.3 is 10.1 Å². The largest absolute Gasteiger partial charge is 0.493 e. The summed E-state index contributed by atoms with van der Waals surface area (Å²) in [6.45, 7) is 3.09. The molecule has 1 amide bonds. The van der Waals surface area contributed by atoms with Crippen molar-refractivity contribution >= 4 is 27.4 Å². The zero-order valence-electron chi connectivity index (χ0n) is 16.5. The predicted octanol–water partition coefficient (Wildman–Crippen LogP) is 2.69. The van der Waals surface area contributed by atoms with Crippen LogP contribution < -0.4 is 8.92 Å². The number of methoxy groups -OCH3 is 1. The topological polar surface area (TPSA) is 76.2 Å². The average Bonchev–Trinajstić information content (AvgIpc) is 3.19. The second-order valence-corrected chi connectivity index (χ2v) is 9.23. The van der Waals surface area contributed by atoms with E-state index in [1.165, 1.54) is 25.4 Å². The van der Waals surface area contributed by atoms with E-state index in [0.717, 1.165) is 5.56 Å². The number of carbonyl (C=O) groups is 1. The molecule has 0 bridgehead atoms. The summed E-state index contributed by atoms with van der Waals surface area (Å²) in [6.07, 6.45) is 0. The molecule has 2 rings (SSSR count). The molecule has 154 valence electrons. The van der Waals surface area contributed by atoms with Gasteiger partial charge in [0.05, 0.1) is 17.7 Å². The summed E-state index contributed by atoms with van der Waals surface area (Å²) < 4.78 is 34.1. The molecule has 7 nitrogen and oxygen atoms in total. The Kier molecular flexibility index (Phi) is 7.85. The van der Waals surface area contributed by atoms with Gasteiger partial charge in [-0.15, -0.1) is 11.3 Å². The number of amides is 1. The van der Waals surface area contributed by atoms with E-state index >= 15 is 0 Å². The minimum absolute atomic E-state index is 0.0590. The van der Waals surface area contributed by atoms with Crippen molar-refractivity contribution in [3.8, 4) is 11.5 Å². The molecule has 0 aliphatic heterocycles. The molecule has 0 N–H and O–H groups in total. The molecule has 0 unspecified atom stereocenters. The van der Waals surface area contributed by atoms with Crippen molar-refractivity contribution in [2.75, 3.05) is 40.0 Å². The van der Waals surface area contributed by atoms with Crippen molar-refractivity contribution in [1.29, 1.82) is 0 Å². The van der Waals surface area contributed by atoms with Crippen molar-refractivity contribution in [2.24, 2.45) is 0 Å². The Bertz CT molecular complexity index is 880. The lowest BCUT2D eigenvalue weighted by atomic mass is 10.2. The minimum Gasteiger partial charge on any atom is -0.493 e. The fourth-order valence-corrected chi connectivity index (χ4v) is 3.64. The quantitative estimate of drug-likeness (QED) is 0.544. The van der Waals surface area contributed by atoms with Gasteiger partial charge < -0.3 is 18.7 Å². The number of ether oxygens (including phenoxy) is 1. The molecule has 0 spiro atoms. The van der Waals surface area contributed by atoms with E-state index in [0.29, 0.717) is 30.3 Å². The molecule has 0 fully saturated rings. The van der Waals surface area contributed by atoms with E-state index < -0.39 is 10.1 Å². The van der Waals surface area contributed by atoms with Crippen molar-refractivity contribution in [1.82, 2.24) is 9.80 Å². The molecule has 9 heteroatoms. The fraction of sp³-hybridized carbons (Fsp3) is 0.421. The first-order valence-electron chi connectivity index (χ1n) is 8.82. The molecular formula is C19H26N2O5S2. The van der Waals surface area contributed by atoms with Gasteiger partial charge in [0.25, 0.3) is 5.91 Å². The van der Waals surface area contributed by atoms with Gasteiger partial charge in [0.2, 0.25) is 0 Å². The highest BCUT2D eigenvalue weighted by atomic mass is 32.2. The first-order chi connectivity index (χ1) is 13.3.